The highest BCUT2D eigenvalue weighted by atomic mass is 35.5. The largest absolute Gasteiger partial charge is 0.360 e. The third kappa shape index (κ3) is 3.78. The maximum atomic E-state index is 12.5. The van der Waals surface area contributed by atoms with E-state index in [0.29, 0.717) is 22.3 Å². The van der Waals surface area contributed by atoms with Crippen LogP contribution in [0.5, 0.6) is 0 Å². The van der Waals surface area contributed by atoms with Crippen LogP contribution in [0.25, 0.3) is 0 Å². The lowest BCUT2D eigenvalue weighted by molar-refractivity contribution is -0.117. The maximum Gasteiger partial charge on any atom is 0.262 e. The first kappa shape index (κ1) is 17.7. The first-order chi connectivity index (χ1) is 11.8. The van der Waals surface area contributed by atoms with E-state index in [2.05, 4.69) is 29.2 Å². The summed E-state index contributed by atoms with van der Waals surface area (Å²) in [7, 11) is -3.83. The average Bonchev–Trinajstić information content (AvgIpc) is 2.55. The minimum Gasteiger partial charge on any atom is -0.360 e. The first-order valence-electron chi connectivity index (χ1n) is 7.75. The van der Waals surface area contributed by atoms with Crippen molar-refractivity contribution >= 4 is 38.9 Å². The Labute approximate surface area is 151 Å². The Bertz CT molecular complexity index is 928. The summed E-state index contributed by atoms with van der Waals surface area (Å²) in [6, 6.07) is 11.9. The van der Waals surface area contributed by atoms with Crippen molar-refractivity contribution in [1.82, 2.24) is 4.72 Å². The predicted octanol–water partition coefficient (Wildman–Crippen LogP) is 3.13. The predicted molar refractivity (Wildman–Crippen MR) is 98.3 cm³/mol. The van der Waals surface area contributed by atoms with Gasteiger partial charge in [0.25, 0.3) is 5.91 Å². The molecule has 0 radical (unpaired) electrons. The van der Waals surface area contributed by atoms with E-state index in [1.807, 2.05) is 18.2 Å². The molecule has 1 amide bonds. The van der Waals surface area contributed by atoms with Gasteiger partial charge in [0.15, 0.2) is 6.17 Å². The van der Waals surface area contributed by atoms with E-state index in [1.165, 1.54) is 12.1 Å². The highest BCUT2D eigenvalue weighted by molar-refractivity contribution is 7.89. The van der Waals surface area contributed by atoms with Crippen molar-refractivity contribution in [2.24, 2.45) is 0 Å². The summed E-state index contributed by atoms with van der Waals surface area (Å²) in [5.74, 6) is -0.176. The second-order valence-corrected chi connectivity index (χ2v) is 8.23. The normalized spacial score (nSPS) is 18.3. The molecule has 0 spiro atoms. The lowest BCUT2D eigenvalue weighted by Crippen LogP contribution is -2.51. The van der Waals surface area contributed by atoms with Gasteiger partial charge in [-0.15, -0.1) is 0 Å². The molecule has 1 heterocycles. The molecule has 0 aromatic heterocycles. The summed E-state index contributed by atoms with van der Waals surface area (Å²) in [5, 5.41) is 5.91. The van der Waals surface area contributed by atoms with Crippen LogP contribution in [0.1, 0.15) is 25.3 Å². The number of anilines is 2. The van der Waals surface area contributed by atoms with E-state index in [1.54, 1.807) is 12.1 Å². The molecule has 1 aliphatic rings. The quantitative estimate of drug-likeness (QED) is 0.764. The number of rotatable bonds is 3. The van der Waals surface area contributed by atoms with E-state index in [4.69, 9.17) is 11.6 Å². The molecule has 3 N–H and O–H groups in total. The second-order valence-electron chi connectivity index (χ2n) is 6.11. The lowest BCUT2D eigenvalue weighted by atomic mass is 10.0. The molecular weight excluding hydrogens is 362 g/mol. The first-order valence-corrected chi connectivity index (χ1v) is 9.61. The molecule has 3 rings (SSSR count). The van der Waals surface area contributed by atoms with Crippen LogP contribution in [0.3, 0.4) is 0 Å². The van der Waals surface area contributed by atoms with Gasteiger partial charge in [-0.1, -0.05) is 37.6 Å². The smallest absolute Gasteiger partial charge is 0.262 e. The number of carbonyl (C=O) groups is 1. The number of sulfonamides is 1. The van der Waals surface area contributed by atoms with Gasteiger partial charge in [-0.25, -0.2) is 8.42 Å². The van der Waals surface area contributed by atoms with Crippen LogP contribution in [-0.4, -0.2) is 20.5 Å². The SMILES string of the molecule is CC(C)c1cccc(NC(=O)C2Nc3ccc(Cl)cc3S(=O)(=O)N2)c1. The molecule has 2 aromatic carbocycles. The number of fused-ring (bicyclic) bond motifs is 1. The van der Waals surface area contributed by atoms with E-state index < -0.39 is 22.1 Å². The van der Waals surface area contributed by atoms with E-state index in [-0.39, 0.29) is 4.90 Å². The summed E-state index contributed by atoms with van der Waals surface area (Å²) in [4.78, 5) is 12.5. The molecule has 132 valence electrons. The molecule has 1 atom stereocenters. The van der Waals surface area contributed by atoms with Gasteiger partial charge in [-0.05, 0) is 41.8 Å². The van der Waals surface area contributed by atoms with Crippen LogP contribution in [0.15, 0.2) is 47.4 Å². The highest BCUT2D eigenvalue weighted by Crippen LogP contribution is 2.29. The zero-order chi connectivity index (χ0) is 18.2. The number of benzene rings is 2. The fourth-order valence-corrected chi connectivity index (χ4v) is 4.09. The number of hydrogen-bond acceptors (Lipinski definition) is 4. The van der Waals surface area contributed by atoms with Gasteiger partial charge in [0.05, 0.1) is 5.69 Å². The van der Waals surface area contributed by atoms with Gasteiger partial charge < -0.3 is 10.6 Å². The van der Waals surface area contributed by atoms with Gasteiger partial charge in [0.1, 0.15) is 4.90 Å². The third-order valence-electron chi connectivity index (χ3n) is 3.89. The Kier molecular flexibility index (Phi) is 4.73. The molecular formula is C17H18ClN3O3S. The van der Waals surface area contributed by atoms with Crippen molar-refractivity contribution in [1.29, 1.82) is 0 Å². The van der Waals surface area contributed by atoms with E-state index >= 15 is 0 Å². The monoisotopic (exact) mass is 379 g/mol. The van der Waals surface area contributed by atoms with Gasteiger partial charge in [-0.3, -0.25) is 4.79 Å². The van der Waals surface area contributed by atoms with Crippen LogP contribution < -0.4 is 15.4 Å². The van der Waals surface area contributed by atoms with Crippen molar-refractivity contribution < 1.29 is 13.2 Å². The highest BCUT2D eigenvalue weighted by Gasteiger charge is 2.33. The molecule has 0 saturated carbocycles. The van der Waals surface area contributed by atoms with Crippen molar-refractivity contribution in [3.8, 4) is 0 Å². The Morgan fingerprint density at radius 2 is 1.96 bits per heavy atom. The standard InChI is InChI=1S/C17H18ClN3O3S/c1-10(2)11-4-3-5-13(8-11)19-17(22)16-20-14-7-6-12(18)9-15(14)25(23,24)21-16/h3-10,16,20-21H,1-2H3,(H,19,22). The molecule has 0 saturated heterocycles. The Balaban J connectivity index is 1.82. The van der Waals surface area contributed by atoms with Gasteiger partial charge in [0.2, 0.25) is 10.0 Å². The lowest BCUT2D eigenvalue weighted by Gasteiger charge is -2.27. The average molecular weight is 380 g/mol. The Hall–Kier alpha value is -2.09. The second kappa shape index (κ2) is 6.67. The fraction of sp³-hybridized carbons (Fsp3) is 0.235. The number of amides is 1. The van der Waals surface area contributed by atoms with Crippen molar-refractivity contribution in [3.05, 3.63) is 53.1 Å². The summed E-state index contributed by atoms with van der Waals surface area (Å²) in [5.41, 5.74) is 2.02. The molecule has 8 heteroatoms. The summed E-state index contributed by atoms with van der Waals surface area (Å²) >= 11 is 5.85. The van der Waals surface area contributed by atoms with Crippen LogP contribution in [0.4, 0.5) is 11.4 Å². The third-order valence-corrected chi connectivity index (χ3v) is 5.59. The molecule has 1 unspecified atom stereocenters. The molecule has 0 aliphatic carbocycles. The van der Waals surface area contributed by atoms with E-state index in [9.17, 15) is 13.2 Å². The maximum absolute atomic E-state index is 12.5. The molecule has 6 nitrogen and oxygen atoms in total. The molecule has 0 bridgehead atoms. The number of carbonyl (C=O) groups excluding carboxylic acids is 1. The Morgan fingerprint density at radius 1 is 1.20 bits per heavy atom. The van der Waals surface area contributed by atoms with Crippen molar-refractivity contribution in [2.75, 3.05) is 10.6 Å². The number of halogens is 1. The van der Waals surface area contributed by atoms with Gasteiger partial charge in [0, 0.05) is 10.7 Å². The van der Waals surface area contributed by atoms with Crippen LogP contribution in [0, 0.1) is 0 Å². The van der Waals surface area contributed by atoms with Crippen molar-refractivity contribution in [3.63, 3.8) is 0 Å². The summed E-state index contributed by atoms with van der Waals surface area (Å²) in [6.07, 6.45) is -1.11. The Morgan fingerprint density at radius 3 is 2.68 bits per heavy atom. The molecule has 1 aliphatic heterocycles. The summed E-state index contributed by atoms with van der Waals surface area (Å²) < 4.78 is 27.0. The van der Waals surface area contributed by atoms with Crippen LogP contribution >= 0.6 is 11.6 Å². The van der Waals surface area contributed by atoms with Crippen LogP contribution in [0.2, 0.25) is 5.02 Å². The zero-order valence-electron chi connectivity index (χ0n) is 13.7. The van der Waals surface area contributed by atoms with Gasteiger partial charge >= 0.3 is 0 Å². The van der Waals surface area contributed by atoms with E-state index in [0.717, 1.165) is 5.56 Å². The number of nitrogens with one attached hydrogen (secondary N) is 3. The van der Waals surface area contributed by atoms with Gasteiger partial charge in [-0.2, -0.15) is 4.72 Å². The molecule has 25 heavy (non-hydrogen) atoms. The van der Waals surface area contributed by atoms with Crippen molar-refractivity contribution in [2.45, 2.75) is 30.8 Å². The zero-order valence-corrected chi connectivity index (χ0v) is 15.3. The summed E-state index contributed by atoms with van der Waals surface area (Å²) in [6.45, 7) is 4.11. The minimum absolute atomic E-state index is 0.0193. The number of hydrogen-bond donors (Lipinski definition) is 3. The minimum atomic E-state index is -3.83. The topological polar surface area (TPSA) is 87.3 Å². The molecule has 2 aromatic rings. The fourth-order valence-electron chi connectivity index (χ4n) is 2.55. The van der Waals surface area contributed by atoms with Crippen LogP contribution in [-0.2, 0) is 14.8 Å². The molecule has 0 fully saturated rings.